The Morgan fingerprint density at radius 3 is 1.25 bits per heavy atom. The van der Waals surface area contributed by atoms with Crippen LogP contribution in [0.4, 0.5) is 0 Å². The molecule has 0 aliphatic heterocycles. The van der Waals surface area contributed by atoms with E-state index in [9.17, 15) is 0 Å². The van der Waals surface area contributed by atoms with E-state index in [1.54, 1.807) is 16.7 Å². The molecule has 0 saturated carbocycles. The van der Waals surface area contributed by atoms with E-state index in [1.807, 2.05) is 3.88 Å². The van der Waals surface area contributed by atoms with Crippen molar-refractivity contribution in [1.29, 1.82) is 0 Å². The fraction of sp³-hybridized carbons (Fsp3) is 0.789. The van der Waals surface area contributed by atoms with Crippen LogP contribution >= 0.6 is 0 Å². The zero-order valence-corrected chi connectivity index (χ0v) is 17.3. The number of hydrogen-bond donors (Lipinski definition) is 0. The van der Waals surface area contributed by atoms with E-state index in [-0.39, 0.29) is 5.41 Å². The molecule has 0 spiro atoms. The molecule has 1 heteroatoms. The van der Waals surface area contributed by atoms with Gasteiger partial charge in [0.15, 0.2) is 0 Å². The molecule has 0 heterocycles. The molecule has 0 radical (unpaired) electrons. The average Bonchev–Trinajstić information content (AvgIpc) is 2.43. The van der Waals surface area contributed by atoms with Crippen molar-refractivity contribution in [2.24, 2.45) is 5.41 Å². The van der Waals surface area contributed by atoms with Crippen LogP contribution in [0.25, 0.3) is 0 Å². The summed E-state index contributed by atoms with van der Waals surface area (Å²) in [6, 6.07) is 0. The van der Waals surface area contributed by atoms with Gasteiger partial charge >= 0.3 is 131 Å². The molecule has 0 unspecified atom stereocenters. The Hall–Kier alpha value is 0.194. The summed E-state index contributed by atoms with van der Waals surface area (Å²) in [7, 11) is 0. The van der Waals surface area contributed by atoms with Gasteiger partial charge in [0.05, 0.1) is 0 Å². The van der Waals surface area contributed by atoms with Crippen molar-refractivity contribution in [3.63, 3.8) is 0 Å². The molecule has 0 saturated heterocycles. The molecular formula is C19H36Ti. The minimum atomic E-state index is -2.18. The predicted molar refractivity (Wildman–Crippen MR) is 90.1 cm³/mol. The van der Waals surface area contributed by atoms with Gasteiger partial charge in [-0.3, -0.25) is 0 Å². The van der Waals surface area contributed by atoms with E-state index < -0.39 is 16.6 Å². The molecule has 1 rings (SSSR count). The molecule has 1 aliphatic rings. The third-order valence-electron chi connectivity index (χ3n) is 6.36. The van der Waals surface area contributed by atoms with Gasteiger partial charge in [-0.15, -0.1) is 0 Å². The third-order valence-corrected chi connectivity index (χ3v) is 18.2. The Morgan fingerprint density at radius 2 is 1.05 bits per heavy atom. The first-order chi connectivity index (χ1) is 8.93. The summed E-state index contributed by atoms with van der Waals surface area (Å²) in [5.74, 6) is 0. The van der Waals surface area contributed by atoms with Crippen LogP contribution in [0.5, 0.6) is 0 Å². The Kier molecular flexibility index (Phi) is 5.26. The summed E-state index contributed by atoms with van der Waals surface area (Å²) in [6.07, 6.45) is 0. The van der Waals surface area contributed by atoms with Gasteiger partial charge in [0.25, 0.3) is 0 Å². The summed E-state index contributed by atoms with van der Waals surface area (Å²) in [6.45, 7) is 27.1. The van der Waals surface area contributed by atoms with E-state index in [2.05, 4.69) is 76.2 Å². The predicted octanol–water partition coefficient (Wildman–Crippen LogP) is 7.28. The van der Waals surface area contributed by atoms with Crippen molar-refractivity contribution in [3.8, 4) is 0 Å². The van der Waals surface area contributed by atoms with Gasteiger partial charge in [-0.25, -0.2) is 0 Å². The topological polar surface area (TPSA) is 0 Å². The second kappa shape index (κ2) is 5.77. The van der Waals surface area contributed by atoms with Crippen molar-refractivity contribution in [1.82, 2.24) is 0 Å². The van der Waals surface area contributed by atoms with Gasteiger partial charge in [0, 0.05) is 0 Å². The van der Waals surface area contributed by atoms with E-state index in [0.717, 1.165) is 12.7 Å². The molecule has 1 aliphatic carbocycles. The fourth-order valence-corrected chi connectivity index (χ4v) is 17.6. The normalized spacial score (nSPS) is 20.1. The molecule has 0 fully saturated rings. The van der Waals surface area contributed by atoms with E-state index >= 15 is 0 Å². The zero-order valence-electron chi connectivity index (χ0n) is 15.7. The quantitative estimate of drug-likeness (QED) is 0.479. The zero-order chi connectivity index (χ0) is 16.0. The van der Waals surface area contributed by atoms with E-state index in [0.29, 0.717) is 0 Å². The second-order valence-corrected chi connectivity index (χ2v) is 17.4. The summed E-state index contributed by atoms with van der Waals surface area (Å²) in [5.41, 5.74) is 5.11. The SMILES string of the molecule is CC1=C(C)C(C)(C)[C]([Ti]([CH](C)C)([CH](C)C)[CH](C)C)=C1C. The molecule has 0 N–H and O–H groups in total. The Labute approximate surface area is 131 Å². The number of hydrogen-bond acceptors (Lipinski definition) is 0. The van der Waals surface area contributed by atoms with Gasteiger partial charge in [-0.1, -0.05) is 0 Å². The summed E-state index contributed by atoms with van der Waals surface area (Å²) in [4.78, 5) is 0. The van der Waals surface area contributed by atoms with Crippen LogP contribution in [0.2, 0.25) is 12.7 Å². The summed E-state index contributed by atoms with van der Waals surface area (Å²) < 4.78 is 4.43. The Morgan fingerprint density at radius 1 is 0.700 bits per heavy atom. The van der Waals surface area contributed by atoms with Crippen LogP contribution in [0.3, 0.4) is 0 Å². The average molecular weight is 312 g/mol. The first-order valence-electron chi connectivity index (χ1n) is 8.33. The molecule has 0 aromatic carbocycles. The number of allylic oxidation sites excluding steroid dienone is 4. The minimum absolute atomic E-state index is 0.285. The summed E-state index contributed by atoms with van der Waals surface area (Å²) >= 11 is -2.18. The van der Waals surface area contributed by atoms with E-state index in [4.69, 9.17) is 0 Å². The van der Waals surface area contributed by atoms with Crippen molar-refractivity contribution < 1.29 is 16.6 Å². The molecule has 0 amide bonds. The standard InChI is InChI=1S/C10H15.3C3H7.Ti/c1-7-6-10(4,5)9(3)8(7)2;3*1-3-2;/h1-5H3;3*3H,1-2H3;. The van der Waals surface area contributed by atoms with Crippen LogP contribution in [-0.4, -0.2) is 0 Å². The Balaban J connectivity index is 3.69. The molecule has 0 aromatic heterocycles. The monoisotopic (exact) mass is 312 g/mol. The molecule has 116 valence electrons. The first kappa shape index (κ1) is 18.2. The Bertz CT molecular complexity index is 423. The summed E-state index contributed by atoms with van der Waals surface area (Å²) in [5, 5.41) is 0. The third kappa shape index (κ3) is 2.32. The van der Waals surface area contributed by atoms with Crippen molar-refractivity contribution >= 4 is 0 Å². The van der Waals surface area contributed by atoms with Gasteiger partial charge in [-0.05, 0) is 0 Å². The van der Waals surface area contributed by atoms with Gasteiger partial charge in [0.2, 0.25) is 0 Å². The molecule has 0 aromatic rings. The molecule has 20 heavy (non-hydrogen) atoms. The maximum absolute atomic E-state index is 2.50. The van der Waals surface area contributed by atoms with Gasteiger partial charge < -0.3 is 0 Å². The fourth-order valence-electron chi connectivity index (χ4n) is 5.33. The van der Waals surface area contributed by atoms with Crippen LogP contribution in [-0.2, 0) is 16.6 Å². The molecule has 0 nitrogen and oxygen atoms in total. The van der Waals surface area contributed by atoms with Crippen molar-refractivity contribution in [3.05, 3.63) is 20.6 Å². The molecule has 0 bridgehead atoms. The molecular weight excluding hydrogens is 276 g/mol. The van der Waals surface area contributed by atoms with Gasteiger partial charge in [0.1, 0.15) is 0 Å². The molecule has 0 atom stereocenters. The van der Waals surface area contributed by atoms with Crippen LogP contribution in [0.1, 0.15) is 76.2 Å². The second-order valence-electron chi connectivity index (χ2n) is 8.27. The van der Waals surface area contributed by atoms with Crippen LogP contribution in [0, 0.1) is 5.41 Å². The van der Waals surface area contributed by atoms with Crippen LogP contribution < -0.4 is 0 Å². The van der Waals surface area contributed by atoms with Crippen molar-refractivity contribution in [2.45, 2.75) is 88.8 Å². The van der Waals surface area contributed by atoms with Crippen molar-refractivity contribution in [2.75, 3.05) is 0 Å². The van der Waals surface area contributed by atoms with E-state index in [1.165, 1.54) is 0 Å². The van der Waals surface area contributed by atoms with Gasteiger partial charge in [-0.2, -0.15) is 0 Å². The maximum atomic E-state index is 2.50. The first-order valence-corrected chi connectivity index (χ1v) is 11.8. The number of rotatable bonds is 4. The van der Waals surface area contributed by atoms with Crippen LogP contribution in [0.15, 0.2) is 20.6 Å².